The number of nitrogens with zero attached hydrogens (tertiary/aromatic N) is 4. The number of pyridine rings is 1. The SMILES string of the molecule is Cc1cc(Oc2ncn(C)n2)c(C(=N)N)c(C)n1. The Morgan fingerprint density at radius 2 is 2.17 bits per heavy atom. The number of amidine groups is 1. The van der Waals surface area contributed by atoms with Crippen LogP contribution in [0, 0.1) is 19.3 Å². The second kappa shape index (κ2) is 4.44. The minimum absolute atomic E-state index is 0.0917. The van der Waals surface area contributed by atoms with Crippen LogP contribution in [0.4, 0.5) is 0 Å². The standard InChI is InChI=1S/C11H14N6O/c1-6-4-8(9(10(12)13)7(2)15-6)18-11-14-5-17(3)16-11/h4-5H,1-3H3,(H3,12,13). The summed E-state index contributed by atoms with van der Waals surface area (Å²) in [4.78, 5) is 8.22. The van der Waals surface area contributed by atoms with Crippen LogP contribution in [0.25, 0.3) is 0 Å². The zero-order valence-corrected chi connectivity index (χ0v) is 10.4. The molecule has 0 spiro atoms. The van der Waals surface area contributed by atoms with Gasteiger partial charge in [-0.3, -0.25) is 15.1 Å². The first-order valence-corrected chi connectivity index (χ1v) is 5.33. The number of rotatable bonds is 3. The minimum Gasteiger partial charge on any atom is -0.422 e. The van der Waals surface area contributed by atoms with E-state index in [9.17, 15) is 0 Å². The van der Waals surface area contributed by atoms with E-state index in [-0.39, 0.29) is 11.8 Å². The Balaban J connectivity index is 2.45. The molecule has 0 fully saturated rings. The van der Waals surface area contributed by atoms with Gasteiger partial charge in [0.2, 0.25) is 0 Å². The molecule has 3 N–H and O–H groups in total. The van der Waals surface area contributed by atoms with Crippen molar-refractivity contribution in [1.82, 2.24) is 19.7 Å². The smallest absolute Gasteiger partial charge is 0.341 e. The Kier molecular flexibility index (Phi) is 2.97. The van der Waals surface area contributed by atoms with Gasteiger partial charge in [-0.1, -0.05) is 0 Å². The molecule has 0 amide bonds. The Morgan fingerprint density at radius 3 is 2.72 bits per heavy atom. The summed E-state index contributed by atoms with van der Waals surface area (Å²) in [6.45, 7) is 3.62. The monoisotopic (exact) mass is 246 g/mol. The van der Waals surface area contributed by atoms with Gasteiger partial charge in [0, 0.05) is 18.8 Å². The molecule has 0 saturated heterocycles. The molecular formula is C11H14N6O. The molecule has 2 aromatic rings. The first-order valence-electron chi connectivity index (χ1n) is 5.33. The number of hydrogen-bond donors (Lipinski definition) is 2. The van der Waals surface area contributed by atoms with E-state index in [1.807, 2.05) is 6.92 Å². The summed E-state index contributed by atoms with van der Waals surface area (Å²) < 4.78 is 7.08. The maximum atomic E-state index is 7.57. The highest BCUT2D eigenvalue weighted by molar-refractivity contribution is 5.98. The number of nitrogens with one attached hydrogen (secondary N) is 1. The predicted molar refractivity (Wildman–Crippen MR) is 65.8 cm³/mol. The van der Waals surface area contributed by atoms with Crippen molar-refractivity contribution < 1.29 is 4.74 Å². The molecular weight excluding hydrogens is 232 g/mol. The molecule has 0 bridgehead atoms. The fourth-order valence-corrected chi connectivity index (χ4v) is 1.67. The highest BCUT2D eigenvalue weighted by Gasteiger charge is 2.14. The molecule has 2 rings (SSSR count). The molecule has 18 heavy (non-hydrogen) atoms. The van der Waals surface area contributed by atoms with Crippen molar-refractivity contribution in [2.24, 2.45) is 12.8 Å². The summed E-state index contributed by atoms with van der Waals surface area (Å²) in [5.74, 6) is 0.352. The number of nitrogen functional groups attached to an aromatic ring is 1. The van der Waals surface area contributed by atoms with Gasteiger partial charge in [-0.05, 0) is 13.8 Å². The summed E-state index contributed by atoms with van der Waals surface area (Å²) >= 11 is 0. The van der Waals surface area contributed by atoms with Gasteiger partial charge in [0.15, 0.2) is 0 Å². The van der Waals surface area contributed by atoms with Gasteiger partial charge in [-0.2, -0.15) is 4.98 Å². The Bertz CT molecular complexity index is 604. The second-order valence-electron chi connectivity index (χ2n) is 3.94. The molecule has 0 aromatic carbocycles. The Hall–Kier alpha value is -2.44. The molecule has 0 aliphatic rings. The van der Waals surface area contributed by atoms with Gasteiger partial charge in [0.05, 0.1) is 11.3 Å². The van der Waals surface area contributed by atoms with Crippen molar-refractivity contribution in [3.05, 3.63) is 29.3 Å². The van der Waals surface area contributed by atoms with Crippen molar-refractivity contribution in [3.8, 4) is 11.8 Å². The molecule has 0 atom stereocenters. The predicted octanol–water partition coefficient (Wildman–Crippen LogP) is 0.903. The third-order valence-corrected chi connectivity index (χ3v) is 2.34. The number of aromatic nitrogens is 4. The van der Waals surface area contributed by atoms with Crippen molar-refractivity contribution in [2.45, 2.75) is 13.8 Å². The summed E-state index contributed by atoms with van der Waals surface area (Å²) in [6.07, 6.45) is 1.53. The van der Waals surface area contributed by atoms with Gasteiger partial charge in [0.1, 0.15) is 17.9 Å². The Labute approximate surface area is 104 Å². The quantitative estimate of drug-likeness (QED) is 0.618. The van der Waals surface area contributed by atoms with Gasteiger partial charge in [0.25, 0.3) is 0 Å². The molecule has 2 heterocycles. The van der Waals surface area contributed by atoms with Crippen molar-refractivity contribution >= 4 is 5.84 Å². The van der Waals surface area contributed by atoms with Crippen LogP contribution in [0.5, 0.6) is 11.8 Å². The van der Waals surface area contributed by atoms with Crippen molar-refractivity contribution in [3.63, 3.8) is 0 Å². The molecule has 0 aliphatic heterocycles. The van der Waals surface area contributed by atoms with Crippen LogP contribution in [0.15, 0.2) is 12.4 Å². The number of ether oxygens (including phenoxy) is 1. The largest absolute Gasteiger partial charge is 0.422 e. The summed E-state index contributed by atoms with van der Waals surface area (Å²) in [6, 6.07) is 1.92. The molecule has 7 nitrogen and oxygen atoms in total. The molecule has 0 saturated carbocycles. The fraction of sp³-hybridized carbons (Fsp3) is 0.273. The van der Waals surface area contributed by atoms with Crippen LogP contribution in [-0.2, 0) is 7.05 Å². The number of hydrogen-bond acceptors (Lipinski definition) is 5. The molecule has 94 valence electrons. The van der Waals surface area contributed by atoms with Crippen LogP contribution in [0.3, 0.4) is 0 Å². The van der Waals surface area contributed by atoms with Crippen LogP contribution in [-0.4, -0.2) is 25.6 Å². The fourth-order valence-electron chi connectivity index (χ4n) is 1.67. The average molecular weight is 246 g/mol. The maximum absolute atomic E-state index is 7.57. The van der Waals surface area contributed by atoms with E-state index >= 15 is 0 Å². The summed E-state index contributed by atoms with van der Waals surface area (Å²) in [5.41, 5.74) is 7.44. The van der Waals surface area contributed by atoms with Crippen molar-refractivity contribution in [2.75, 3.05) is 0 Å². The van der Waals surface area contributed by atoms with E-state index in [1.54, 1.807) is 20.0 Å². The molecule has 0 radical (unpaired) electrons. The van der Waals surface area contributed by atoms with Crippen LogP contribution >= 0.6 is 0 Å². The summed E-state index contributed by atoms with van der Waals surface area (Å²) in [5, 5.41) is 11.6. The van der Waals surface area contributed by atoms with Crippen LogP contribution < -0.4 is 10.5 Å². The van der Waals surface area contributed by atoms with Gasteiger partial charge in [-0.25, -0.2) is 0 Å². The third-order valence-electron chi connectivity index (χ3n) is 2.34. The third kappa shape index (κ3) is 2.29. The average Bonchev–Trinajstić information content (AvgIpc) is 2.62. The first kappa shape index (κ1) is 12.0. The lowest BCUT2D eigenvalue weighted by Crippen LogP contribution is -2.15. The van der Waals surface area contributed by atoms with E-state index in [1.165, 1.54) is 11.0 Å². The van der Waals surface area contributed by atoms with Crippen LogP contribution in [0.2, 0.25) is 0 Å². The molecule has 2 aromatic heterocycles. The van der Waals surface area contributed by atoms with Gasteiger partial charge < -0.3 is 10.5 Å². The molecule has 7 heteroatoms. The zero-order chi connectivity index (χ0) is 13.3. The van der Waals surface area contributed by atoms with E-state index in [4.69, 9.17) is 15.9 Å². The number of aryl methyl sites for hydroxylation is 3. The lowest BCUT2D eigenvalue weighted by atomic mass is 10.1. The maximum Gasteiger partial charge on any atom is 0.341 e. The topological polar surface area (TPSA) is 103 Å². The highest BCUT2D eigenvalue weighted by Crippen LogP contribution is 2.25. The normalized spacial score (nSPS) is 10.4. The lowest BCUT2D eigenvalue weighted by Gasteiger charge is -2.10. The van der Waals surface area contributed by atoms with E-state index in [0.29, 0.717) is 17.0 Å². The minimum atomic E-state index is -0.0917. The molecule has 0 unspecified atom stereocenters. The van der Waals surface area contributed by atoms with E-state index < -0.39 is 0 Å². The number of nitrogens with two attached hydrogens (primary N) is 1. The lowest BCUT2D eigenvalue weighted by molar-refractivity contribution is 0.436. The second-order valence-corrected chi connectivity index (χ2v) is 3.94. The molecule has 0 aliphatic carbocycles. The van der Waals surface area contributed by atoms with E-state index in [2.05, 4.69) is 15.1 Å². The first-order chi connectivity index (χ1) is 8.47. The highest BCUT2D eigenvalue weighted by atomic mass is 16.5. The van der Waals surface area contributed by atoms with Gasteiger partial charge >= 0.3 is 6.01 Å². The van der Waals surface area contributed by atoms with Crippen molar-refractivity contribution in [1.29, 1.82) is 5.41 Å². The van der Waals surface area contributed by atoms with Crippen LogP contribution in [0.1, 0.15) is 17.0 Å². The van der Waals surface area contributed by atoms with Gasteiger partial charge in [-0.15, -0.1) is 5.10 Å². The summed E-state index contributed by atoms with van der Waals surface area (Å²) in [7, 11) is 1.74. The Morgan fingerprint density at radius 1 is 1.44 bits per heavy atom. The zero-order valence-electron chi connectivity index (χ0n) is 10.4. The van der Waals surface area contributed by atoms with E-state index in [0.717, 1.165) is 5.69 Å².